The van der Waals surface area contributed by atoms with E-state index in [9.17, 15) is 0 Å². The topological polar surface area (TPSA) is 15.3 Å². The van der Waals surface area contributed by atoms with Crippen molar-refractivity contribution in [1.82, 2.24) is 4.90 Å². The second kappa shape index (κ2) is 6.59. The van der Waals surface area contributed by atoms with Crippen LogP contribution in [0.25, 0.3) is 5.57 Å². The standard InChI is InChI=1S/C21H24N2/c1-2-5-17(6-3-1)10-14-23-15-11-18(12-16-23)19-7-4-8-21-20(19)9-13-22-21/h1-8,11,22H,9-10,12-16H2. The molecule has 0 saturated heterocycles. The molecule has 0 spiro atoms. The van der Waals surface area contributed by atoms with Crippen LogP contribution in [0.2, 0.25) is 0 Å². The summed E-state index contributed by atoms with van der Waals surface area (Å²) in [6.45, 7) is 4.50. The van der Waals surface area contributed by atoms with Gasteiger partial charge in [0.2, 0.25) is 0 Å². The Morgan fingerprint density at radius 1 is 0.957 bits per heavy atom. The monoisotopic (exact) mass is 304 g/mol. The highest BCUT2D eigenvalue weighted by molar-refractivity contribution is 5.75. The predicted octanol–water partition coefficient (Wildman–Crippen LogP) is 3.99. The third-order valence-electron chi connectivity index (χ3n) is 5.07. The summed E-state index contributed by atoms with van der Waals surface area (Å²) in [6, 6.07) is 17.5. The van der Waals surface area contributed by atoms with Crippen molar-refractivity contribution in [2.45, 2.75) is 19.3 Å². The Morgan fingerprint density at radius 3 is 2.70 bits per heavy atom. The van der Waals surface area contributed by atoms with Crippen LogP contribution in [0, 0.1) is 0 Å². The van der Waals surface area contributed by atoms with E-state index in [-0.39, 0.29) is 0 Å². The molecule has 2 aliphatic heterocycles. The van der Waals surface area contributed by atoms with Gasteiger partial charge in [0.05, 0.1) is 0 Å². The molecular formula is C21H24N2. The average molecular weight is 304 g/mol. The minimum Gasteiger partial charge on any atom is -0.384 e. The van der Waals surface area contributed by atoms with Crippen molar-refractivity contribution < 1.29 is 0 Å². The SMILES string of the molecule is C1=C(c2cccc3c2CCN3)CCN(CCc2ccccc2)C1. The summed E-state index contributed by atoms with van der Waals surface area (Å²) in [5.74, 6) is 0. The Hall–Kier alpha value is -2.06. The van der Waals surface area contributed by atoms with Gasteiger partial charge in [-0.2, -0.15) is 0 Å². The molecule has 0 aromatic heterocycles. The normalized spacial score (nSPS) is 17.5. The smallest absolute Gasteiger partial charge is 0.0379 e. The van der Waals surface area contributed by atoms with Crippen LogP contribution in [0.5, 0.6) is 0 Å². The maximum Gasteiger partial charge on any atom is 0.0379 e. The summed E-state index contributed by atoms with van der Waals surface area (Å²) in [5, 5.41) is 3.49. The molecule has 2 nitrogen and oxygen atoms in total. The number of rotatable bonds is 4. The summed E-state index contributed by atoms with van der Waals surface area (Å²) in [5.41, 5.74) is 7.33. The van der Waals surface area contributed by atoms with Crippen LogP contribution < -0.4 is 5.32 Å². The Bertz CT molecular complexity index is 703. The van der Waals surface area contributed by atoms with E-state index in [2.05, 4.69) is 64.8 Å². The summed E-state index contributed by atoms with van der Waals surface area (Å²) in [4.78, 5) is 2.57. The first-order valence-electron chi connectivity index (χ1n) is 8.71. The molecule has 0 unspecified atom stereocenters. The van der Waals surface area contributed by atoms with Gasteiger partial charge in [-0.15, -0.1) is 0 Å². The second-order valence-electron chi connectivity index (χ2n) is 6.52. The van der Waals surface area contributed by atoms with Crippen molar-refractivity contribution >= 4 is 11.3 Å². The number of hydrogen-bond donors (Lipinski definition) is 1. The number of fused-ring (bicyclic) bond motifs is 1. The van der Waals surface area contributed by atoms with Gasteiger partial charge in [-0.3, -0.25) is 4.90 Å². The first-order valence-corrected chi connectivity index (χ1v) is 8.71. The van der Waals surface area contributed by atoms with E-state index in [1.165, 1.54) is 41.8 Å². The average Bonchev–Trinajstić information content (AvgIpc) is 3.10. The molecule has 0 aliphatic carbocycles. The maximum atomic E-state index is 3.49. The van der Waals surface area contributed by atoms with Crippen molar-refractivity contribution in [3.63, 3.8) is 0 Å². The van der Waals surface area contributed by atoms with E-state index in [0.29, 0.717) is 0 Å². The molecule has 0 radical (unpaired) electrons. The van der Waals surface area contributed by atoms with Gasteiger partial charge in [0, 0.05) is 31.9 Å². The lowest BCUT2D eigenvalue weighted by molar-refractivity contribution is 0.306. The van der Waals surface area contributed by atoms with Crippen LogP contribution in [0.3, 0.4) is 0 Å². The molecule has 23 heavy (non-hydrogen) atoms. The third kappa shape index (κ3) is 3.18. The van der Waals surface area contributed by atoms with E-state index in [1.54, 1.807) is 5.57 Å². The van der Waals surface area contributed by atoms with E-state index in [0.717, 1.165) is 26.1 Å². The van der Waals surface area contributed by atoms with Gasteiger partial charge >= 0.3 is 0 Å². The molecule has 2 aliphatic rings. The molecule has 0 atom stereocenters. The molecule has 1 N–H and O–H groups in total. The number of benzene rings is 2. The molecule has 2 aromatic rings. The van der Waals surface area contributed by atoms with Gasteiger partial charge in [0.25, 0.3) is 0 Å². The highest BCUT2D eigenvalue weighted by atomic mass is 15.1. The van der Waals surface area contributed by atoms with Crippen LogP contribution in [0.15, 0.2) is 54.6 Å². The fourth-order valence-corrected chi connectivity index (χ4v) is 3.74. The Kier molecular flexibility index (Phi) is 4.16. The van der Waals surface area contributed by atoms with Crippen LogP contribution in [-0.4, -0.2) is 31.1 Å². The number of hydrogen-bond acceptors (Lipinski definition) is 2. The molecule has 0 saturated carbocycles. The lowest BCUT2D eigenvalue weighted by atomic mass is 9.93. The van der Waals surface area contributed by atoms with Crippen molar-refractivity contribution in [3.8, 4) is 0 Å². The minimum absolute atomic E-state index is 1.08. The van der Waals surface area contributed by atoms with Crippen molar-refractivity contribution in [2.75, 3.05) is 31.5 Å². The highest BCUT2D eigenvalue weighted by Gasteiger charge is 2.19. The fourth-order valence-electron chi connectivity index (χ4n) is 3.74. The van der Waals surface area contributed by atoms with Gasteiger partial charge in [0.15, 0.2) is 0 Å². The van der Waals surface area contributed by atoms with E-state index in [4.69, 9.17) is 0 Å². The molecule has 2 heterocycles. The zero-order valence-electron chi connectivity index (χ0n) is 13.6. The number of nitrogens with zero attached hydrogens (tertiary/aromatic N) is 1. The van der Waals surface area contributed by atoms with Gasteiger partial charge < -0.3 is 5.32 Å². The van der Waals surface area contributed by atoms with Crippen LogP contribution >= 0.6 is 0 Å². The van der Waals surface area contributed by atoms with E-state index < -0.39 is 0 Å². The summed E-state index contributed by atoms with van der Waals surface area (Å²) in [7, 11) is 0. The first kappa shape index (κ1) is 14.5. The minimum atomic E-state index is 1.08. The third-order valence-corrected chi connectivity index (χ3v) is 5.07. The first-order chi connectivity index (χ1) is 11.4. The molecule has 2 aromatic carbocycles. The Morgan fingerprint density at radius 2 is 1.87 bits per heavy atom. The fraction of sp³-hybridized carbons (Fsp3) is 0.333. The molecule has 0 fully saturated rings. The zero-order valence-corrected chi connectivity index (χ0v) is 13.6. The highest BCUT2D eigenvalue weighted by Crippen LogP contribution is 2.32. The Labute approximate surface area is 138 Å². The largest absolute Gasteiger partial charge is 0.384 e. The summed E-state index contributed by atoms with van der Waals surface area (Å²) >= 11 is 0. The van der Waals surface area contributed by atoms with Crippen molar-refractivity contribution in [1.29, 1.82) is 0 Å². The Balaban J connectivity index is 1.41. The lowest BCUT2D eigenvalue weighted by Crippen LogP contribution is -2.30. The van der Waals surface area contributed by atoms with Gasteiger partial charge in [-0.25, -0.2) is 0 Å². The molecule has 118 valence electrons. The quantitative estimate of drug-likeness (QED) is 0.919. The molecule has 2 heteroatoms. The second-order valence-corrected chi connectivity index (χ2v) is 6.52. The van der Waals surface area contributed by atoms with Crippen LogP contribution in [0.4, 0.5) is 5.69 Å². The van der Waals surface area contributed by atoms with Crippen molar-refractivity contribution in [2.24, 2.45) is 0 Å². The summed E-state index contributed by atoms with van der Waals surface area (Å²) < 4.78 is 0. The van der Waals surface area contributed by atoms with Crippen LogP contribution in [0.1, 0.15) is 23.1 Å². The van der Waals surface area contributed by atoms with E-state index in [1.807, 2.05) is 0 Å². The van der Waals surface area contributed by atoms with E-state index >= 15 is 0 Å². The number of nitrogens with one attached hydrogen (secondary N) is 1. The lowest BCUT2D eigenvalue weighted by Gasteiger charge is -2.27. The van der Waals surface area contributed by atoms with Gasteiger partial charge in [0.1, 0.15) is 0 Å². The predicted molar refractivity (Wildman–Crippen MR) is 97.8 cm³/mol. The summed E-state index contributed by atoms with van der Waals surface area (Å²) in [6.07, 6.45) is 5.93. The van der Waals surface area contributed by atoms with Gasteiger partial charge in [-0.05, 0) is 47.6 Å². The molecule has 0 amide bonds. The number of anilines is 1. The maximum absolute atomic E-state index is 3.49. The van der Waals surface area contributed by atoms with Gasteiger partial charge in [-0.1, -0.05) is 48.5 Å². The van der Waals surface area contributed by atoms with Crippen LogP contribution in [-0.2, 0) is 12.8 Å². The van der Waals surface area contributed by atoms with Crippen molar-refractivity contribution in [3.05, 3.63) is 71.3 Å². The zero-order chi connectivity index (χ0) is 15.5. The molecular weight excluding hydrogens is 280 g/mol. The molecule has 4 rings (SSSR count). The molecule has 0 bridgehead atoms.